The van der Waals surface area contributed by atoms with E-state index in [1.165, 1.54) is 4.90 Å². The molecule has 1 heterocycles. The van der Waals surface area contributed by atoms with E-state index in [1.807, 2.05) is 49.4 Å². The molecule has 144 valence electrons. The average molecular weight is 384 g/mol. The molecule has 0 unspecified atom stereocenters. The lowest BCUT2D eigenvalue weighted by Gasteiger charge is -2.28. The summed E-state index contributed by atoms with van der Waals surface area (Å²) in [4.78, 5) is 27.6. The van der Waals surface area contributed by atoms with Gasteiger partial charge in [-0.25, -0.2) is 4.90 Å². The molecule has 0 bridgehead atoms. The number of nitrogens with zero attached hydrogens (tertiary/aromatic N) is 1. The molecule has 0 radical (unpaired) electrons. The minimum absolute atomic E-state index is 0.323. The van der Waals surface area contributed by atoms with Crippen LogP contribution in [0.15, 0.2) is 79.0 Å². The van der Waals surface area contributed by atoms with Gasteiger partial charge < -0.3 is 10.1 Å². The molecule has 0 atom stereocenters. The number of carbonyl (C=O) groups is 2. The molecule has 5 heteroatoms. The number of imide groups is 1. The molecule has 0 fully saturated rings. The van der Waals surface area contributed by atoms with Crippen LogP contribution >= 0.6 is 0 Å². The molecule has 0 saturated carbocycles. The van der Waals surface area contributed by atoms with Crippen LogP contribution in [0.3, 0.4) is 0 Å². The Labute approximate surface area is 169 Å². The Morgan fingerprint density at radius 1 is 0.828 bits per heavy atom. The van der Waals surface area contributed by atoms with Gasteiger partial charge >= 0.3 is 0 Å². The summed E-state index contributed by atoms with van der Waals surface area (Å²) in [7, 11) is 1.61. The maximum Gasteiger partial charge on any atom is 0.267 e. The molecule has 0 saturated heterocycles. The van der Waals surface area contributed by atoms with Gasteiger partial charge in [-0.2, -0.15) is 0 Å². The Morgan fingerprint density at radius 2 is 1.48 bits per heavy atom. The number of anilines is 2. The number of nitrogens with one attached hydrogen (secondary N) is 1. The second kappa shape index (κ2) is 7.64. The Hall–Kier alpha value is -3.86. The molecule has 4 rings (SSSR count). The first-order valence-corrected chi connectivity index (χ1v) is 9.24. The molecule has 2 amide bonds. The Kier molecular flexibility index (Phi) is 4.87. The van der Waals surface area contributed by atoms with Crippen molar-refractivity contribution in [3.8, 4) is 5.75 Å². The lowest BCUT2D eigenvalue weighted by atomic mass is 9.93. The Bertz CT molecular complexity index is 1100. The molecule has 0 aromatic heterocycles. The third-order valence-electron chi connectivity index (χ3n) is 4.85. The van der Waals surface area contributed by atoms with Gasteiger partial charge in [0.05, 0.1) is 18.4 Å². The van der Waals surface area contributed by atoms with Crippen molar-refractivity contribution >= 4 is 28.8 Å². The van der Waals surface area contributed by atoms with Crippen molar-refractivity contribution < 1.29 is 14.3 Å². The summed E-state index contributed by atoms with van der Waals surface area (Å²) in [6, 6.07) is 21.9. The van der Waals surface area contributed by atoms with Gasteiger partial charge in [0.25, 0.3) is 11.8 Å². The van der Waals surface area contributed by atoms with E-state index in [-0.39, 0.29) is 11.8 Å². The highest BCUT2D eigenvalue weighted by Crippen LogP contribution is 2.32. The first kappa shape index (κ1) is 18.5. The molecule has 0 spiro atoms. The fraction of sp³-hybridized carbons (Fsp3) is 0.0833. The second-order valence-electron chi connectivity index (χ2n) is 6.76. The molecule has 1 aliphatic rings. The summed E-state index contributed by atoms with van der Waals surface area (Å²) in [6.07, 6.45) is 1.65. The van der Waals surface area contributed by atoms with Crippen LogP contribution in [0.1, 0.15) is 21.5 Å². The van der Waals surface area contributed by atoms with Gasteiger partial charge in [-0.15, -0.1) is 0 Å². The number of ether oxygens (including phenoxy) is 1. The van der Waals surface area contributed by atoms with E-state index in [1.54, 1.807) is 43.6 Å². The van der Waals surface area contributed by atoms with E-state index < -0.39 is 0 Å². The molecule has 29 heavy (non-hydrogen) atoms. The van der Waals surface area contributed by atoms with Crippen molar-refractivity contribution in [3.63, 3.8) is 0 Å². The summed E-state index contributed by atoms with van der Waals surface area (Å²) in [5.41, 5.74) is 3.96. The zero-order valence-corrected chi connectivity index (χ0v) is 16.2. The number of hydrogen-bond acceptors (Lipinski definition) is 4. The molecular formula is C24H20N2O3. The molecule has 1 aliphatic heterocycles. The van der Waals surface area contributed by atoms with E-state index in [0.29, 0.717) is 22.4 Å². The lowest BCUT2D eigenvalue weighted by Crippen LogP contribution is -2.42. The molecular weight excluding hydrogens is 364 g/mol. The highest BCUT2D eigenvalue weighted by atomic mass is 16.5. The molecule has 1 N–H and O–H groups in total. The van der Waals surface area contributed by atoms with Crippen LogP contribution in [0.4, 0.5) is 11.4 Å². The molecule has 3 aromatic carbocycles. The first-order chi connectivity index (χ1) is 14.1. The SMILES string of the molecule is COc1ccc(NC=C2C(=O)N(c3ccc(C)cc3)C(=O)c3ccccc32)cc1. The van der Waals surface area contributed by atoms with Crippen molar-refractivity contribution in [3.05, 3.63) is 95.7 Å². The van der Waals surface area contributed by atoms with Gasteiger partial charge in [0, 0.05) is 23.0 Å². The first-order valence-electron chi connectivity index (χ1n) is 9.24. The van der Waals surface area contributed by atoms with E-state index in [2.05, 4.69) is 5.32 Å². The zero-order valence-electron chi connectivity index (χ0n) is 16.2. The van der Waals surface area contributed by atoms with Gasteiger partial charge in [0.15, 0.2) is 0 Å². The summed E-state index contributed by atoms with van der Waals surface area (Å²) < 4.78 is 5.17. The maximum atomic E-state index is 13.3. The minimum atomic E-state index is -0.362. The number of fused-ring (bicyclic) bond motifs is 1. The average Bonchev–Trinajstić information content (AvgIpc) is 2.75. The Morgan fingerprint density at radius 3 is 2.14 bits per heavy atom. The number of benzene rings is 3. The minimum Gasteiger partial charge on any atom is -0.497 e. The standard InChI is InChI=1S/C24H20N2O3/c1-16-7-11-18(12-8-16)26-23(27)21-6-4-3-5-20(21)22(24(26)28)15-25-17-9-13-19(29-2)14-10-17/h3-15,25H,1-2H3. The van der Waals surface area contributed by atoms with Gasteiger partial charge in [-0.3, -0.25) is 9.59 Å². The van der Waals surface area contributed by atoms with E-state index in [9.17, 15) is 9.59 Å². The highest BCUT2D eigenvalue weighted by molar-refractivity contribution is 6.41. The van der Waals surface area contributed by atoms with Crippen molar-refractivity contribution in [1.29, 1.82) is 0 Å². The monoisotopic (exact) mass is 384 g/mol. The normalized spacial score (nSPS) is 14.7. The quantitative estimate of drug-likeness (QED) is 0.526. The second-order valence-corrected chi connectivity index (χ2v) is 6.76. The smallest absolute Gasteiger partial charge is 0.267 e. The van der Waals surface area contributed by atoms with Crippen LogP contribution in [-0.2, 0) is 4.79 Å². The third-order valence-corrected chi connectivity index (χ3v) is 4.85. The zero-order chi connectivity index (χ0) is 20.4. The van der Waals surface area contributed by atoms with Gasteiger partial charge in [0.1, 0.15) is 5.75 Å². The van der Waals surface area contributed by atoms with E-state index in [0.717, 1.165) is 17.0 Å². The number of carbonyl (C=O) groups excluding carboxylic acids is 2. The van der Waals surface area contributed by atoms with Crippen LogP contribution in [0.2, 0.25) is 0 Å². The van der Waals surface area contributed by atoms with Gasteiger partial charge in [-0.05, 0) is 49.4 Å². The number of aryl methyl sites for hydroxylation is 1. The molecule has 5 nitrogen and oxygen atoms in total. The molecule has 0 aliphatic carbocycles. The van der Waals surface area contributed by atoms with Crippen LogP contribution < -0.4 is 15.0 Å². The van der Waals surface area contributed by atoms with Crippen molar-refractivity contribution in [2.45, 2.75) is 6.92 Å². The lowest BCUT2D eigenvalue weighted by molar-refractivity contribution is -0.112. The fourth-order valence-corrected chi connectivity index (χ4v) is 3.26. The van der Waals surface area contributed by atoms with E-state index >= 15 is 0 Å². The van der Waals surface area contributed by atoms with Crippen molar-refractivity contribution in [2.24, 2.45) is 0 Å². The predicted octanol–water partition coefficient (Wildman–Crippen LogP) is 4.64. The van der Waals surface area contributed by atoms with Gasteiger partial charge in [-0.1, -0.05) is 35.9 Å². The van der Waals surface area contributed by atoms with Crippen LogP contribution in [0, 0.1) is 6.92 Å². The number of rotatable bonds is 4. The third kappa shape index (κ3) is 3.50. The van der Waals surface area contributed by atoms with Crippen LogP contribution in [0.5, 0.6) is 5.75 Å². The largest absolute Gasteiger partial charge is 0.497 e. The summed E-state index contributed by atoms with van der Waals surface area (Å²) in [6.45, 7) is 1.96. The number of amides is 2. The fourth-order valence-electron chi connectivity index (χ4n) is 3.26. The summed E-state index contributed by atoms with van der Waals surface area (Å²) >= 11 is 0. The van der Waals surface area contributed by atoms with E-state index in [4.69, 9.17) is 4.74 Å². The maximum absolute atomic E-state index is 13.3. The predicted molar refractivity (Wildman–Crippen MR) is 114 cm³/mol. The van der Waals surface area contributed by atoms with Crippen LogP contribution in [-0.4, -0.2) is 18.9 Å². The topological polar surface area (TPSA) is 58.6 Å². The highest BCUT2D eigenvalue weighted by Gasteiger charge is 2.35. The number of hydrogen-bond donors (Lipinski definition) is 1. The Balaban J connectivity index is 1.74. The van der Waals surface area contributed by atoms with Crippen molar-refractivity contribution in [2.75, 3.05) is 17.3 Å². The van der Waals surface area contributed by atoms with Crippen LogP contribution in [0.25, 0.3) is 5.57 Å². The summed E-state index contributed by atoms with van der Waals surface area (Å²) in [5, 5.41) is 3.16. The van der Waals surface area contributed by atoms with Crippen molar-refractivity contribution in [1.82, 2.24) is 0 Å². The van der Waals surface area contributed by atoms with Gasteiger partial charge in [0.2, 0.25) is 0 Å². The number of methoxy groups -OCH3 is 1. The molecule has 3 aromatic rings. The summed E-state index contributed by atoms with van der Waals surface area (Å²) in [5.74, 6) is 0.0630.